The Morgan fingerprint density at radius 2 is 1.77 bits per heavy atom. The summed E-state index contributed by atoms with van der Waals surface area (Å²) >= 11 is 0. The monoisotopic (exact) mass is 416 g/mol. The van der Waals surface area contributed by atoms with Crippen molar-refractivity contribution in [3.8, 4) is 0 Å². The van der Waals surface area contributed by atoms with E-state index in [1.165, 1.54) is 12.5 Å². The molecule has 0 aliphatic rings. The number of hydrogen-bond donors (Lipinski definition) is 7. The molecule has 26 heavy (non-hydrogen) atoms. The smallest absolute Gasteiger partial charge is 0.480 e. The van der Waals surface area contributed by atoms with Crippen LogP contribution < -0.4 is 16.8 Å². The number of amides is 1. The molecule has 0 unspecified atom stereocenters. The first-order valence-corrected chi connectivity index (χ1v) is 7.52. The maximum Gasteiger partial charge on any atom is 2.00 e. The summed E-state index contributed by atoms with van der Waals surface area (Å²) < 4.78 is 0. The molecule has 0 saturated carbocycles. The van der Waals surface area contributed by atoms with Crippen molar-refractivity contribution in [3.05, 3.63) is 36.4 Å². The Hall–Kier alpha value is -2.24. The summed E-state index contributed by atoms with van der Waals surface area (Å²) in [6.45, 7) is 0.0000439. The van der Waals surface area contributed by atoms with Gasteiger partial charge in [-0.05, 0) is 6.54 Å². The van der Waals surface area contributed by atoms with Crippen LogP contribution in [0.4, 0.5) is 0 Å². The number of H-pyrrole nitrogens is 2. The van der Waals surface area contributed by atoms with Crippen molar-refractivity contribution in [1.29, 1.82) is 0 Å². The second-order valence-electron chi connectivity index (χ2n) is 5.08. The van der Waals surface area contributed by atoms with Crippen LogP contribution in [0.25, 0.3) is 0 Å². The molecular formula is C14H23CuN7O4+2. The van der Waals surface area contributed by atoms with Gasteiger partial charge in [0.25, 0.3) is 0 Å². The van der Waals surface area contributed by atoms with E-state index in [2.05, 4.69) is 25.3 Å². The number of aliphatic hydroxyl groups is 1. The molecule has 9 N–H and O–H groups in total. The van der Waals surface area contributed by atoms with Gasteiger partial charge in [-0.2, -0.15) is 0 Å². The van der Waals surface area contributed by atoms with Crippen LogP contribution in [0.3, 0.4) is 0 Å². The molecule has 1 amide bonds. The van der Waals surface area contributed by atoms with Gasteiger partial charge >= 0.3 is 23.0 Å². The number of imidazole rings is 2. The number of nitrogens with zero attached hydrogens (tertiary/aromatic N) is 2. The predicted molar refractivity (Wildman–Crippen MR) is 88.3 cm³/mol. The summed E-state index contributed by atoms with van der Waals surface area (Å²) in [6.07, 6.45) is 7.52. The SMILES string of the molecule is NCCc1cnc[nH]1.N[C@H](Cc1cnc[nH]1)C(=O)N[C@@H](CO)C(=O)O.[Cu+2]. The van der Waals surface area contributed by atoms with Crippen LogP contribution in [0, 0.1) is 0 Å². The van der Waals surface area contributed by atoms with Gasteiger partial charge < -0.3 is 37.0 Å². The Balaban J connectivity index is 0.000000583. The minimum atomic E-state index is -1.34. The standard InChI is InChI=1S/C9H14N4O4.C5H9N3.Cu/c10-6(1-5-2-11-4-12-5)8(15)13-7(3-14)9(16)17;6-2-1-5-3-7-4-8-5;/h2,4,6-7,14H,1,3,10H2,(H,11,12)(H,13,15)(H,16,17);3-4H,1-2,6H2,(H,7,8);/q;;+2/t6-,7+;;/m1../s1. The minimum absolute atomic E-state index is 0. The van der Waals surface area contributed by atoms with Crippen LogP contribution in [-0.2, 0) is 39.5 Å². The third kappa shape index (κ3) is 8.74. The summed E-state index contributed by atoms with van der Waals surface area (Å²) in [6, 6.07) is -2.24. The fraction of sp³-hybridized carbons (Fsp3) is 0.429. The second kappa shape index (κ2) is 13.0. The number of carbonyl (C=O) groups is 2. The molecule has 12 heteroatoms. The molecule has 0 aliphatic heterocycles. The third-order valence-electron chi connectivity index (χ3n) is 3.10. The molecule has 2 rings (SSSR count). The van der Waals surface area contributed by atoms with Gasteiger partial charge in [-0.3, -0.25) is 4.79 Å². The van der Waals surface area contributed by atoms with Crippen molar-refractivity contribution >= 4 is 11.9 Å². The molecule has 1 radical (unpaired) electrons. The van der Waals surface area contributed by atoms with E-state index >= 15 is 0 Å². The zero-order valence-electron chi connectivity index (χ0n) is 13.9. The topological polar surface area (TPSA) is 196 Å². The summed E-state index contributed by atoms with van der Waals surface area (Å²) in [5, 5.41) is 19.5. The number of aromatic nitrogens is 4. The van der Waals surface area contributed by atoms with E-state index < -0.39 is 30.6 Å². The van der Waals surface area contributed by atoms with Crippen LogP contribution in [0.15, 0.2) is 25.0 Å². The number of aliphatic hydroxyl groups excluding tert-OH is 1. The van der Waals surface area contributed by atoms with Crippen molar-refractivity contribution in [2.24, 2.45) is 11.5 Å². The molecular weight excluding hydrogens is 394 g/mol. The Labute approximate surface area is 160 Å². The molecule has 147 valence electrons. The Morgan fingerprint density at radius 1 is 1.19 bits per heavy atom. The van der Waals surface area contributed by atoms with E-state index in [1.54, 1.807) is 12.5 Å². The molecule has 2 aromatic rings. The first-order valence-electron chi connectivity index (χ1n) is 7.52. The zero-order valence-corrected chi connectivity index (χ0v) is 14.8. The summed E-state index contributed by atoms with van der Waals surface area (Å²) in [4.78, 5) is 35.4. The number of aliphatic carboxylic acids is 1. The van der Waals surface area contributed by atoms with Gasteiger partial charge in [0, 0.05) is 36.6 Å². The molecule has 2 heterocycles. The summed E-state index contributed by atoms with van der Waals surface area (Å²) in [7, 11) is 0. The van der Waals surface area contributed by atoms with Gasteiger partial charge in [-0.15, -0.1) is 0 Å². The fourth-order valence-corrected chi connectivity index (χ4v) is 1.77. The minimum Gasteiger partial charge on any atom is -0.480 e. The van der Waals surface area contributed by atoms with Crippen molar-refractivity contribution < 1.29 is 36.9 Å². The molecule has 11 nitrogen and oxygen atoms in total. The zero-order chi connectivity index (χ0) is 18.7. The molecule has 2 atom stereocenters. The van der Waals surface area contributed by atoms with E-state index in [0.717, 1.165) is 12.1 Å². The van der Waals surface area contributed by atoms with Gasteiger partial charge in [-0.25, -0.2) is 14.8 Å². The largest absolute Gasteiger partial charge is 2.00 e. The van der Waals surface area contributed by atoms with Gasteiger partial charge in [0.2, 0.25) is 5.91 Å². The molecule has 0 spiro atoms. The van der Waals surface area contributed by atoms with Gasteiger partial charge in [0.1, 0.15) is 6.04 Å². The first kappa shape index (κ1) is 23.8. The molecule has 0 bridgehead atoms. The molecule has 0 aromatic carbocycles. The van der Waals surface area contributed by atoms with Crippen molar-refractivity contribution in [2.45, 2.75) is 24.9 Å². The third-order valence-corrected chi connectivity index (χ3v) is 3.10. The molecule has 0 aliphatic carbocycles. The normalized spacial score (nSPS) is 12.1. The number of carbonyl (C=O) groups excluding carboxylic acids is 1. The molecule has 2 aromatic heterocycles. The van der Waals surface area contributed by atoms with E-state index in [9.17, 15) is 9.59 Å². The van der Waals surface area contributed by atoms with Crippen molar-refractivity contribution in [3.63, 3.8) is 0 Å². The van der Waals surface area contributed by atoms with Crippen LogP contribution in [0.5, 0.6) is 0 Å². The van der Waals surface area contributed by atoms with Crippen LogP contribution in [-0.4, -0.2) is 67.3 Å². The first-order chi connectivity index (χ1) is 12.0. The second-order valence-corrected chi connectivity index (χ2v) is 5.08. The van der Waals surface area contributed by atoms with Gasteiger partial charge in [-0.1, -0.05) is 0 Å². The maximum absolute atomic E-state index is 11.5. The predicted octanol–water partition coefficient (Wildman–Crippen LogP) is -2.25. The number of carboxylic acids is 1. The van der Waals surface area contributed by atoms with Gasteiger partial charge in [0.05, 0.1) is 25.3 Å². The van der Waals surface area contributed by atoms with Crippen molar-refractivity contribution in [2.75, 3.05) is 13.2 Å². The molecule has 0 saturated heterocycles. The van der Waals surface area contributed by atoms with E-state index in [0.29, 0.717) is 12.2 Å². The maximum atomic E-state index is 11.5. The average Bonchev–Trinajstić information content (AvgIpc) is 3.27. The average molecular weight is 417 g/mol. The number of carboxylic acid groups (broad SMARTS) is 1. The summed E-state index contributed by atoms with van der Waals surface area (Å²) in [5.74, 6) is -1.95. The number of nitrogens with two attached hydrogens (primary N) is 2. The van der Waals surface area contributed by atoms with Crippen LogP contribution >= 0.6 is 0 Å². The number of rotatable bonds is 8. The Morgan fingerprint density at radius 3 is 2.19 bits per heavy atom. The number of nitrogens with one attached hydrogen (secondary N) is 3. The van der Waals surface area contributed by atoms with E-state index in [1.807, 2.05) is 0 Å². The van der Waals surface area contributed by atoms with Gasteiger partial charge in [0.15, 0.2) is 0 Å². The fourth-order valence-electron chi connectivity index (χ4n) is 1.77. The van der Waals surface area contributed by atoms with Crippen LogP contribution in [0.1, 0.15) is 11.4 Å². The number of hydrogen-bond acceptors (Lipinski definition) is 7. The Kier molecular flexibility index (Phi) is 11.9. The molecule has 0 fully saturated rings. The van der Waals surface area contributed by atoms with Crippen LogP contribution in [0.2, 0.25) is 0 Å². The summed E-state index contributed by atoms with van der Waals surface area (Å²) in [5.41, 5.74) is 12.6. The van der Waals surface area contributed by atoms with Crippen molar-refractivity contribution in [1.82, 2.24) is 25.3 Å². The van der Waals surface area contributed by atoms with E-state index in [4.69, 9.17) is 21.7 Å². The number of aromatic amines is 2. The quantitative estimate of drug-likeness (QED) is 0.234. The van der Waals surface area contributed by atoms with E-state index in [-0.39, 0.29) is 23.5 Å². The Bertz CT molecular complexity index is 621.